The lowest BCUT2D eigenvalue weighted by molar-refractivity contribution is 0.322. The SMILES string of the molecule is O/N=C/c1cccc2ccc(O)cc12. The second-order valence-corrected chi connectivity index (χ2v) is 3.00. The summed E-state index contributed by atoms with van der Waals surface area (Å²) in [6, 6.07) is 10.7. The minimum Gasteiger partial charge on any atom is -0.508 e. The van der Waals surface area contributed by atoms with Gasteiger partial charge < -0.3 is 10.3 Å². The van der Waals surface area contributed by atoms with Crippen molar-refractivity contribution in [1.82, 2.24) is 0 Å². The number of aromatic hydroxyl groups is 1. The van der Waals surface area contributed by atoms with Crippen molar-refractivity contribution in [2.24, 2.45) is 5.16 Å². The summed E-state index contributed by atoms with van der Waals surface area (Å²) < 4.78 is 0. The molecule has 0 amide bonds. The number of nitrogens with zero attached hydrogens (tertiary/aromatic N) is 1. The van der Waals surface area contributed by atoms with E-state index < -0.39 is 0 Å². The molecule has 0 atom stereocenters. The number of rotatable bonds is 1. The highest BCUT2D eigenvalue weighted by atomic mass is 16.4. The Hall–Kier alpha value is -2.03. The Morgan fingerprint density at radius 1 is 1.14 bits per heavy atom. The van der Waals surface area contributed by atoms with E-state index in [1.807, 2.05) is 24.3 Å². The molecular formula is C11H9NO2. The molecule has 2 aromatic carbocycles. The molecule has 2 rings (SSSR count). The fraction of sp³-hybridized carbons (Fsp3) is 0. The standard InChI is InChI=1S/C11H9NO2/c13-10-5-4-8-2-1-3-9(7-12-14)11(8)6-10/h1-7,13-14H/b12-7+. The highest BCUT2D eigenvalue weighted by Crippen LogP contribution is 2.22. The number of hydrogen-bond donors (Lipinski definition) is 2. The maximum absolute atomic E-state index is 9.32. The van der Waals surface area contributed by atoms with Crippen molar-refractivity contribution >= 4 is 17.0 Å². The van der Waals surface area contributed by atoms with Crippen molar-refractivity contribution in [3.63, 3.8) is 0 Å². The van der Waals surface area contributed by atoms with E-state index in [0.717, 1.165) is 16.3 Å². The van der Waals surface area contributed by atoms with Crippen molar-refractivity contribution in [2.75, 3.05) is 0 Å². The van der Waals surface area contributed by atoms with Gasteiger partial charge >= 0.3 is 0 Å². The van der Waals surface area contributed by atoms with Gasteiger partial charge in [-0.25, -0.2) is 0 Å². The molecule has 0 aromatic heterocycles. The molecule has 2 aromatic rings. The molecular weight excluding hydrogens is 178 g/mol. The topological polar surface area (TPSA) is 52.8 Å². The van der Waals surface area contributed by atoms with Crippen LogP contribution >= 0.6 is 0 Å². The van der Waals surface area contributed by atoms with Crippen LogP contribution in [0.25, 0.3) is 10.8 Å². The summed E-state index contributed by atoms with van der Waals surface area (Å²) in [4.78, 5) is 0. The van der Waals surface area contributed by atoms with Crippen LogP contribution in [-0.4, -0.2) is 16.5 Å². The first-order valence-electron chi connectivity index (χ1n) is 4.20. The third-order valence-corrected chi connectivity index (χ3v) is 2.10. The Balaban J connectivity index is 2.77. The molecule has 3 heteroatoms. The van der Waals surface area contributed by atoms with Crippen LogP contribution in [0.2, 0.25) is 0 Å². The van der Waals surface area contributed by atoms with Crippen LogP contribution in [0.1, 0.15) is 5.56 Å². The Bertz CT molecular complexity index is 492. The maximum Gasteiger partial charge on any atom is 0.116 e. The minimum atomic E-state index is 0.205. The molecule has 0 saturated carbocycles. The van der Waals surface area contributed by atoms with E-state index in [2.05, 4.69) is 5.16 Å². The molecule has 0 aliphatic heterocycles. The molecule has 0 heterocycles. The largest absolute Gasteiger partial charge is 0.508 e. The van der Waals surface area contributed by atoms with E-state index in [-0.39, 0.29) is 5.75 Å². The van der Waals surface area contributed by atoms with E-state index in [1.165, 1.54) is 6.21 Å². The number of oxime groups is 1. The second-order valence-electron chi connectivity index (χ2n) is 3.00. The third-order valence-electron chi connectivity index (χ3n) is 2.10. The second kappa shape index (κ2) is 3.38. The number of phenols is 1. The maximum atomic E-state index is 9.32. The zero-order valence-electron chi connectivity index (χ0n) is 7.38. The summed E-state index contributed by atoms with van der Waals surface area (Å²) in [5.74, 6) is 0.205. The fourth-order valence-electron chi connectivity index (χ4n) is 1.46. The lowest BCUT2D eigenvalue weighted by Crippen LogP contribution is -1.83. The summed E-state index contributed by atoms with van der Waals surface area (Å²) in [5.41, 5.74) is 0.779. The first-order valence-corrected chi connectivity index (χ1v) is 4.20. The Labute approximate surface area is 80.9 Å². The van der Waals surface area contributed by atoms with Crippen LogP contribution in [0.4, 0.5) is 0 Å². The van der Waals surface area contributed by atoms with Crippen LogP contribution in [0, 0.1) is 0 Å². The summed E-state index contributed by atoms with van der Waals surface area (Å²) >= 11 is 0. The van der Waals surface area contributed by atoms with Gasteiger partial charge in [-0.1, -0.05) is 29.4 Å². The normalized spacial score (nSPS) is 11.1. The highest BCUT2D eigenvalue weighted by molar-refractivity contribution is 6.00. The summed E-state index contributed by atoms with van der Waals surface area (Å²) in [7, 11) is 0. The van der Waals surface area contributed by atoms with Gasteiger partial charge in [0.1, 0.15) is 5.75 Å². The molecule has 3 nitrogen and oxygen atoms in total. The van der Waals surface area contributed by atoms with Crippen molar-refractivity contribution < 1.29 is 10.3 Å². The van der Waals surface area contributed by atoms with Gasteiger partial charge in [0.05, 0.1) is 6.21 Å². The van der Waals surface area contributed by atoms with Crippen LogP contribution in [0.3, 0.4) is 0 Å². The average Bonchev–Trinajstić information content (AvgIpc) is 2.19. The van der Waals surface area contributed by atoms with Crippen molar-refractivity contribution in [3.8, 4) is 5.75 Å². The predicted octanol–water partition coefficient (Wildman–Crippen LogP) is 2.35. The first kappa shape index (κ1) is 8.56. The number of fused-ring (bicyclic) bond motifs is 1. The van der Waals surface area contributed by atoms with Crippen LogP contribution in [0.5, 0.6) is 5.75 Å². The lowest BCUT2D eigenvalue weighted by Gasteiger charge is -2.01. The van der Waals surface area contributed by atoms with E-state index in [4.69, 9.17) is 5.21 Å². The van der Waals surface area contributed by atoms with E-state index in [1.54, 1.807) is 12.1 Å². The van der Waals surface area contributed by atoms with E-state index >= 15 is 0 Å². The van der Waals surface area contributed by atoms with Crippen LogP contribution in [-0.2, 0) is 0 Å². The number of benzene rings is 2. The van der Waals surface area contributed by atoms with E-state index in [0.29, 0.717) is 0 Å². The smallest absolute Gasteiger partial charge is 0.116 e. The van der Waals surface area contributed by atoms with Crippen LogP contribution in [0.15, 0.2) is 41.6 Å². The Morgan fingerprint density at radius 3 is 2.79 bits per heavy atom. The molecule has 2 N–H and O–H groups in total. The van der Waals surface area contributed by atoms with Gasteiger partial charge in [0.2, 0.25) is 0 Å². The molecule has 0 aliphatic rings. The minimum absolute atomic E-state index is 0.205. The molecule has 0 radical (unpaired) electrons. The van der Waals surface area contributed by atoms with Crippen molar-refractivity contribution in [1.29, 1.82) is 0 Å². The highest BCUT2D eigenvalue weighted by Gasteiger charge is 1.99. The third kappa shape index (κ3) is 1.40. The van der Waals surface area contributed by atoms with Crippen molar-refractivity contribution in [2.45, 2.75) is 0 Å². The molecule has 0 saturated heterocycles. The monoisotopic (exact) mass is 187 g/mol. The quantitative estimate of drug-likeness (QED) is 0.409. The first-order chi connectivity index (χ1) is 6.81. The summed E-state index contributed by atoms with van der Waals surface area (Å²) in [5, 5.41) is 22.6. The molecule has 0 bridgehead atoms. The van der Waals surface area contributed by atoms with Crippen LogP contribution < -0.4 is 0 Å². The Kier molecular flexibility index (Phi) is 2.07. The lowest BCUT2D eigenvalue weighted by atomic mass is 10.1. The number of phenolic OH excluding ortho intramolecular Hbond substituents is 1. The zero-order valence-corrected chi connectivity index (χ0v) is 7.38. The molecule has 0 aliphatic carbocycles. The molecule has 70 valence electrons. The molecule has 0 spiro atoms. The van der Waals surface area contributed by atoms with Gasteiger partial charge in [0.25, 0.3) is 0 Å². The van der Waals surface area contributed by atoms with Crippen molar-refractivity contribution in [3.05, 3.63) is 42.0 Å². The molecule has 0 fully saturated rings. The van der Waals surface area contributed by atoms with Gasteiger partial charge in [-0.3, -0.25) is 0 Å². The fourth-order valence-corrected chi connectivity index (χ4v) is 1.46. The van der Waals surface area contributed by atoms with Gasteiger partial charge in [-0.15, -0.1) is 0 Å². The average molecular weight is 187 g/mol. The summed E-state index contributed by atoms with van der Waals surface area (Å²) in [6.07, 6.45) is 1.35. The Morgan fingerprint density at radius 2 is 2.00 bits per heavy atom. The molecule has 0 unspecified atom stereocenters. The van der Waals surface area contributed by atoms with Gasteiger partial charge in [0.15, 0.2) is 0 Å². The predicted molar refractivity (Wildman–Crippen MR) is 55.0 cm³/mol. The van der Waals surface area contributed by atoms with Gasteiger partial charge in [-0.05, 0) is 22.9 Å². The number of hydrogen-bond acceptors (Lipinski definition) is 3. The summed E-state index contributed by atoms with van der Waals surface area (Å²) in [6.45, 7) is 0. The molecule has 14 heavy (non-hydrogen) atoms. The van der Waals surface area contributed by atoms with E-state index in [9.17, 15) is 5.11 Å². The van der Waals surface area contributed by atoms with Gasteiger partial charge in [-0.2, -0.15) is 0 Å². The zero-order chi connectivity index (χ0) is 9.97. The van der Waals surface area contributed by atoms with Gasteiger partial charge in [0, 0.05) is 5.56 Å².